The van der Waals surface area contributed by atoms with Crippen LogP contribution in [0, 0.1) is 11.3 Å². The largest absolute Gasteiger partial charge is 0.396 e. The highest BCUT2D eigenvalue weighted by atomic mass is 16.5. The van der Waals surface area contributed by atoms with Crippen LogP contribution in [-0.4, -0.2) is 36.4 Å². The molecule has 4 heteroatoms. The monoisotopic (exact) mass is 271 g/mol. The second kappa shape index (κ2) is 7.25. The standard InChI is InChI=1S/C15H29NO3/c1-11-8-13(9-12(2)19-11)14(18)16-7-5-6-15(3,4)10-17/h11-13,17H,5-10H2,1-4H3,(H,16,18). The zero-order chi connectivity index (χ0) is 14.5. The number of ether oxygens (including phenoxy) is 1. The van der Waals surface area contributed by atoms with Gasteiger partial charge in [0.15, 0.2) is 0 Å². The lowest BCUT2D eigenvalue weighted by atomic mass is 9.89. The van der Waals surface area contributed by atoms with E-state index in [1.807, 2.05) is 27.7 Å². The molecule has 1 saturated heterocycles. The van der Waals surface area contributed by atoms with E-state index >= 15 is 0 Å². The van der Waals surface area contributed by atoms with Crippen molar-refractivity contribution < 1.29 is 14.6 Å². The summed E-state index contributed by atoms with van der Waals surface area (Å²) >= 11 is 0. The quantitative estimate of drug-likeness (QED) is 0.727. The van der Waals surface area contributed by atoms with Gasteiger partial charge >= 0.3 is 0 Å². The molecule has 0 aromatic rings. The first-order chi connectivity index (χ1) is 8.84. The summed E-state index contributed by atoms with van der Waals surface area (Å²) in [6, 6.07) is 0. The fraction of sp³-hybridized carbons (Fsp3) is 0.933. The highest BCUT2D eigenvalue weighted by Gasteiger charge is 2.29. The van der Waals surface area contributed by atoms with Gasteiger partial charge in [-0.1, -0.05) is 13.8 Å². The Morgan fingerprint density at radius 2 is 1.89 bits per heavy atom. The fourth-order valence-corrected chi connectivity index (χ4v) is 2.62. The van der Waals surface area contributed by atoms with Gasteiger partial charge in [0.25, 0.3) is 0 Å². The van der Waals surface area contributed by atoms with Gasteiger partial charge in [0.2, 0.25) is 5.91 Å². The van der Waals surface area contributed by atoms with Crippen molar-refractivity contribution in [2.75, 3.05) is 13.2 Å². The molecule has 1 fully saturated rings. The molecule has 1 heterocycles. The molecule has 1 aliphatic heterocycles. The number of nitrogens with one attached hydrogen (secondary N) is 1. The van der Waals surface area contributed by atoms with Crippen LogP contribution >= 0.6 is 0 Å². The summed E-state index contributed by atoms with van der Waals surface area (Å²) in [5.74, 6) is 0.244. The van der Waals surface area contributed by atoms with Crippen LogP contribution in [0.1, 0.15) is 53.4 Å². The van der Waals surface area contributed by atoms with Gasteiger partial charge in [-0.2, -0.15) is 0 Å². The van der Waals surface area contributed by atoms with Crippen molar-refractivity contribution in [1.82, 2.24) is 5.32 Å². The minimum Gasteiger partial charge on any atom is -0.396 e. The molecule has 1 amide bonds. The fourth-order valence-electron chi connectivity index (χ4n) is 2.62. The molecule has 1 aliphatic rings. The van der Waals surface area contributed by atoms with E-state index in [4.69, 9.17) is 9.84 Å². The topological polar surface area (TPSA) is 58.6 Å². The van der Waals surface area contributed by atoms with Gasteiger partial charge < -0.3 is 15.2 Å². The molecule has 19 heavy (non-hydrogen) atoms. The summed E-state index contributed by atoms with van der Waals surface area (Å²) in [6.45, 7) is 9.02. The summed E-state index contributed by atoms with van der Waals surface area (Å²) in [7, 11) is 0. The maximum absolute atomic E-state index is 12.1. The zero-order valence-corrected chi connectivity index (χ0v) is 12.7. The van der Waals surface area contributed by atoms with Gasteiger partial charge in [-0.15, -0.1) is 0 Å². The van der Waals surface area contributed by atoms with E-state index in [9.17, 15) is 4.79 Å². The number of carbonyl (C=O) groups is 1. The third kappa shape index (κ3) is 5.91. The molecule has 2 atom stereocenters. The number of aliphatic hydroxyl groups is 1. The normalized spacial score (nSPS) is 28.2. The third-order valence-electron chi connectivity index (χ3n) is 3.83. The van der Waals surface area contributed by atoms with Gasteiger partial charge in [-0.05, 0) is 44.9 Å². The first-order valence-electron chi connectivity index (χ1n) is 7.38. The Kier molecular flexibility index (Phi) is 6.27. The minimum absolute atomic E-state index is 0.0492. The number of amides is 1. The van der Waals surface area contributed by atoms with Crippen molar-refractivity contribution in [3.8, 4) is 0 Å². The molecule has 112 valence electrons. The van der Waals surface area contributed by atoms with Crippen molar-refractivity contribution >= 4 is 5.91 Å². The molecular formula is C15H29NO3. The molecule has 2 N–H and O–H groups in total. The predicted molar refractivity (Wildman–Crippen MR) is 75.8 cm³/mol. The van der Waals surface area contributed by atoms with Crippen LogP contribution in [0.2, 0.25) is 0 Å². The van der Waals surface area contributed by atoms with Crippen LogP contribution in [0.15, 0.2) is 0 Å². The Morgan fingerprint density at radius 1 is 1.32 bits per heavy atom. The number of rotatable bonds is 6. The first kappa shape index (κ1) is 16.4. The SMILES string of the molecule is CC1CC(C(=O)NCCCC(C)(C)CO)CC(C)O1. The van der Waals surface area contributed by atoms with Crippen LogP contribution in [-0.2, 0) is 9.53 Å². The van der Waals surface area contributed by atoms with Gasteiger partial charge in [0.1, 0.15) is 0 Å². The maximum atomic E-state index is 12.1. The summed E-state index contributed by atoms with van der Waals surface area (Å²) in [6.07, 6.45) is 3.81. The molecule has 0 aromatic heterocycles. The number of hydrogen-bond donors (Lipinski definition) is 2. The average Bonchev–Trinajstić information content (AvgIpc) is 2.33. The van der Waals surface area contributed by atoms with Crippen LogP contribution in [0.5, 0.6) is 0 Å². The Bertz CT molecular complexity index is 281. The maximum Gasteiger partial charge on any atom is 0.223 e. The summed E-state index contributed by atoms with van der Waals surface area (Å²) in [4.78, 5) is 12.1. The lowest BCUT2D eigenvalue weighted by Crippen LogP contribution is -2.39. The van der Waals surface area contributed by atoms with Crippen LogP contribution in [0.4, 0.5) is 0 Å². The minimum atomic E-state index is -0.0492. The van der Waals surface area contributed by atoms with Crippen molar-refractivity contribution in [1.29, 1.82) is 0 Å². The van der Waals surface area contributed by atoms with Crippen molar-refractivity contribution in [3.63, 3.8) is 0 Å². The number of carbonyl (C=O) groups excluding carboxylic acids is 1. The van der Waals surface area contributed by atoms with Crippen molar-refractivity contribution in [2.45, 2.75) is 65.6 Å². The summed E-state index contributed by atoms with van der Waals surface area (Å²) in [5.41, 5.74) is -0.0492. The highest BCUT2D eigenvalue weighted by molar-refractivity contribution is 5.78. The Hall–Kier alpha value is -0.610. The van der Waals surface area contributed by atoms with E-state index in [1.165, 1.54) is 0 Å². The first-order valence-corrected chi connectivity index (χ1v) is 7.38. The molecule has 0 aromatic carbocycles. The molecule has 0 bridgehead atoms. The van der Waals surface area contributed by atoms with Gasteiger partial charge in [0, 0.05) is 19.1 Å². The van der Waals surface area contributed by atoms with Gasteiger partial charge in [0.05, 0.1) is 12.2 Å². The molecule has 0 aliphatic carbocycles. The molecule has 4 nitrogen and oxygen atoms in total. The molecule has 2 unspecified atom stereocenters. The number of hydrogen-bond acceptors (Lipinski definition) is 3. The van der Waals surface area contributed by atoms with Gasteiger partial charge in [-0.25, -0.2) is 0 Å². The van der Waals surface area contributed by atoms with Crippen LogP contribution in [0.3, 0.4) is 0 Å². The van der Waals surface area contributed by atoms with E-state index in [2.05, 4.69) is 5.32 Å². The summed E-state index contributed by atoms with van der Waals surface area (Å²) in [5, 5.41) is 12.2. The Morgan fingerprint density at radius 3 is 2.42 bits per heavy atom. The zero-order valence-electron chi connectivity index (χ0n) is 12.7. The van der Waals surface area contributed by atoms with E-state index in [0.717, 1.165) is 25.7 Å². The Balaban J connectivity index is 2.24. The van der Waals surface area contributed by atoms with Crippen molar-refractivity contribution in [2.24, 2.45) is 11.3 Å². The van der Waals surface area contributed by atoms with E-state index in [-0.39, 0.29) is 36.1 Å². The second-order valence-corrected chi connectivity index (χ2v) is 6.64. The molecule has 0 radical (unpaired) electrons. The van der Waals surface area contributed by atoms with E-state index in [1.54, 1.807) is 0 Å². The predicted octanol–water partition coefficient (Wildman–Crippen LogP) is 2.10. The lowest BCUT2D eigenvalue weighted by Gasteiger charge is -2.31. The second-order valence-electron chi connectivity index (χ2n) is 6.64. The number of aliphatic hydroxyl groups excluding tert-OH is 1. The molecular weight excluding hydrogens is 242 g/mol. The average molecular weight is 271 g/mol. The van der Waals surface area contributed by atoms with Crippen molar-refractivity contribution in [3.05, 3.63) is 0 Å². The van der Waals surface area contributed by atoms with Crippen LogP contribution in [0.25, 0.3) is 0 Å². The highest BCUT2D eigenvalue weighted by Crippen LogP contribution is 2.25. The smallest absolute Gasteiger partial charge is 0.223 e. The molecule has 0 spiro atoms. The Labute approximate surface area is 116 Å². The van der Waals surface area contributed by atoms with Gasteiger partial charge in [-0.3, -0.25) is 4.79 Å². The molecule has 0 saturated carbocycles. The third-order valence-corrected chi connectivity index (χ3v) is 3.83. The van der Waals surface area contributed by atoms with E-state index in [0.29, 0.717) is 6.54 Å². The summed E-state index contributed by atoms with van der Waals surface area (Å²) < 4.78 is 5.64. The molecule has 1 rings (SSSR count). The van der Waals surface area contributed by atoms with Crippen LogP contribution < -0.4 is 5.32 Å². The lowest BCUT2D eigenvalue weighted by molar-refractivity contribution is -0.133. The van der Waals surface area contributed by atoms with E-state index < -0.39 is 0 Å².